The zero-order chi connectivity index (χ0) is 37.3. The molecule has 0 aromatic heterocycles. The molecular weight excluding hydrogens is 663 g/mol. The molecular formula is C54H43N. The highest BCUT2D eigenvalue weighted by molar-refractivity contribution is 5.96. The SMILES string of the molecule is CC1(C)c2ccccc2-c2ccc(N(c3ccc(-c4cc(-c5ccccc5)cc(-c5ccccc5)c4)cc3)c3cccc4c3-c3ccccc3C4(C)C)cc21. The second-order valence-corrected chi connectivity index (χ2v) is 16.2. The second-order valence-electron chi connectivity index (χ2n) is 16.2. The van der Waals surface area contributed by atoms with Crippen LogP contribution >= 0.6 is 0 Å². The lowest BCUT2D eigenvalue weighted by atomic mass is 9.82. The summed E-state index contributed by atoms with van der Waals surface area (Å²) >= 11 is 0. The van der Waals surface area contributed by atoms with E-state index in [2.05, 4.69) is 221 Å². The number of hydrogen-bond acceptors (Lipinski definition) is 1. The molecule has 0 amide bonds. The average molecular weight is 706 g/mol. The van der Waals surface area contributed by atoms with Crippen molar-refractivity contribution in [3.63, 3.8) is 0 Å². The molecule has 55 heavy (non-hydrogen) atoms. The molecule has 0 bridgehead atoms. The summed E-state index contributed by atoms with van der Waals surface area (Å²) in [5.74, 6) is 0. The van der Waals surface area contributed by atoms with Crippen molar-refractivity contribution in [3.05, 3.63) is 210 Å². The van der Waals surface area contributed by atoms with Crippen LogP contribution in [0.1, 0.15) is 49.9 Å². The monoisotopic (exact) mass is 705 g/mol. The Morgan fingerprint density at radius 3 is 1.38 bits per heavy atom. The maximum atomic E-state index is 2.50. The zero-order valence-electron chi connectivity index (χ0n) is 31.8. The van der Waals surface area contributed by atoms with E-state index in [0.29, 0.717) is 0 Å². The van der Waals surface area contributed by atoms with Gasteiger partial charge in [0, 0.05) is 27.8 Å². The van der Waals surface area contributed by atoms with Gasteiger partial charge in [-0.25, -0.2) is 0 Å². The number of nitrogens with zero attached hydrogens (tertiary/aromatic N) is 1. The van der Waals surface area contributed by atoms with Gasteiger partial charge < -0.3 is 4.90 Å². The Morgan fingerprint density at radius 1 is 0.309 bits per heavy atom. The molecule has 0 fully saturated rings. The summed E-state index contributed by atoms with van der Waals surface area (Å²) in [6.07, 6.45) is 0. The van der Waals surface area contributed by atoms with Crippen molar-refractivity contribution in [2.24, 2.45) is 0 Å². The van der Waals surface area contributed by atoms with Crippen LogP contribution in [-0.4, -0.2) is 0 Å². The molecule has 1 nitrogen and oxygen atoms in total. The van der Waals surface area contributed by atoms with Crippen molar-refractivity contribution >= 4 is 17.1 Å². The summed E-state index contributed by atoms with van der Waals surface area (Å²) in [7, 11) is 0. The van der Waals surface area contributed by atoms with Crippen LogP contribution in [0, 0.1) is 0 Å². The summed E-state index contributed by atoms with van der Waals surface area (Å²) in [4.78, 5) is 2.50. The number of anilines is 3. The maximum Gasteiger partial charge on any atom is 0.0543 e. The first-order valence-electron chi connectivity index (χ1n) is 19.4. The van der Waals surface area contributed by atoms with Gasteiger partial charge in [0.05, 0.1) is 5.69 Å². The maximum absolute atomic E-state index is 2.50. The normalized spacial score (nSPS) is 14.1. The number of rotatable bonds is 6. The van der Waals surface area contributed by atoms with Crippen LogP contribution in [0.15, 0.2) is 188 Å². The molecule has 10 rings (SSSR count). The fraction of sp³-hybridized carbons (Fsp3) is 0.111. The third-order valence-electron chi connectivity index (χ3n) is 12.3. The minimum atomic E-state index is -0.106. The molecule has 0 atom stereocenters. The molecule has 8 aromatic carbocycles. The lowest BCUT2D eigenvalue weighted by Crippen LogP contribution is -2.17. The molecule has 0 saturated carbocycles. The minimum Gasteiger partial charge on any atom is -0.310 e. The first-order chi connectivity index (χ1) is 26.8. The van der Waals surface area contributed by atoms with Crippen LogP contribution in [0.3, 0.4) is 0 Å². The molecule has 0 heterocycles. The van der Waals surface area contributed by atoms with Crippen molar-refractivity contribution in [1.29, 1.82) is 0 Å². The molecule has 264 valence electrons. The molecule has 2 aliphatic carbocycles. The van der Waals surface area contributed by atoms with E-state index in [-0.39, 0.29) is 10.8 Å². The predicted molar refractivity (Wildman–Crippen MR) is 233 cm³/mol. The van der Waals surface area contributed by atoms with Crippen LogP contribution in [0.2, 0.25) is 0 Å². The third-order valence-corrected chi connectivity index (χ3v) is 12.3. The molecule has 8 aromatic rings. The molecule has 0 spiro atoms. The Hall–Kier alpha value is -6.44. The Kier molecular flexibility index (Phi) is 7.58. The van der Waals surface area contributed by atoms with Gasteiger partial charge in [-0.15, -0.1) is 0 Å². The number of fused-ring (bicyclic) bond motifs is 6. The Balaban J connectivity index is 1.15. The van der Waals surface area contributed by atoms with Crippen LogP contribution in [-0.2, 0) is 10.8 Å². The quantitative estimate of drug-likeness (QED) is 0.166. The van der Waals surface area contributed by atoms with E-state index in [1.807, 2.05) is 0 Å². The first kappa shape index (κ1) is 33.2. The molecule has 0 aliphatic heterocycles. The van der Waals surface area contributed by atoms with Crippen molar-refractivity contribution in [2.45, 2.75) is 38.5 Å². The highest BCUT2D eigenvalue weighted by atomic mass is 15.1. The van der Waals surface area contributed by atoms with Crippen molar-refractivity contribution < 1.29 is 0 Å². The molecule has 0 N–H and O–H groups in total. The highest BCUT2D eigenvalue weighted by Crippen LogP contribution is 2.55. The summed E-state index contributed by atoms with van der Waals surface area (Å²) in [6, 6.07) is 69.5. The van der Waals surface area contributed by atoms with E-state index in [1.165, 1.54) is 89.3 Å². The van der Waals surface area contributed by atoms with E-state index < -0.39 is 0 Å². The fourth-order valence-corrected chi connectivity index (χ4v) is 9.37. The summed E-state index contributed by atoms with van der Waals surface area (Å²) in [5.41, 5.74) is 21.4. The summed E-state index contributed by atoms with van der Waals surface area (Å²) in [6.45, 7) is 9.46. The molecule has 0 saturated heterocycles. The van der Waals surface area contributed by atoms with Gasteiger partial charge in [0.2, 0.25) is 0 Å². The van der Waals surface area contributed by atoms with Gasteiger partial charge in [-0.1, -0.05) is 167 Å². The molecule has 2 aliphatic rings. The Morgan fingerprint density at radius 2 is 0.764 bits per heavy atom. The van der Waals surface area contributed by atoms with Gasteiger partial charge in [0.1, 0.15) is 0 Å². The van der Waals surface area contributed by atoms with E-state index in [4.69, 9.17) is 0 Å². The van der Waals surface area contributed by atoms with Crippen molar-refractivity contribution in [2.75, 3.05) is 4.90 Å². The summed E-state index contributed by atoms with van der Waals surface area (Å²) in [5, 5.41) is 0. The zero-order valence-corrected chi connectivity index (χ0v) is 31.8. The van der Waals surface area contributed by atoms with Crippen LogP contribution < -0.4 is 4.90 Å². The van der Waals surface area contributed by atoms with Gasteiger partial charge in [0.25, 0.3) is 0 Å². The molecule has 0 radical (unpaired) electrons. The van der Waals surface area contributed by atoms with Crippen LogP contribution in [0.5, 0.6) is 0 Å². The predicted octanol–water partition coefficient (Wildman–Crippen LogP) is 14.8. The van der Waals surface area contributed by atoms with Crippen molar-refractivity contribution in [3.8, 4) is 55.6 Å². The van der Waals surface area contributed by atoms with E-state index in [0.717, 1.165) is 5.69 Å². The van der Waals surface area contributed by atoms with Gasteiger partial charge in [0.15, 0.2) is 0 Å². The minimum absolute atomic E-state index is 0.0980. The second kappa shape index (κ2) is 12.6. The third kappa shape index (κ3) is 5.29. The Bertz CT molecular complexity index is 2680. The molecule has 1 heteroatoms. The van der Waals surface area contributed by atoms with Crippen molar-refractivity contribution in [1.82, 2.24) is 0 Å². The molecule has 0 unspecified atom stereocenters. The van der Waals surface area contributed by atoms with Crippen LogP contribution in [0.4, 0.5) is 17.1 Å². The largest absolute Gasteiger partial charge is 0.310 e. The van der Waals surface area contributed by atoms with Gasteiger partial charge >= 0.3 is 0 Å². The Labute approximate surface area is 325 Å². The number of hydrogen-bond donors (Lipinski definition) is 0. The fourth-order valence-electron chi connectivity index (χ4n) is 9.37. The lowest BCUT2D eigenvalue weighted by molar-refractivity contribution is 0.660. The highest BCUT2D eigenvalue weighted by Gasteiger charge is 2.39. The number of benzene rings is 8. The first-order valence-corrected chi connectivity index (χ1v) is 19.4. The van der Waals surface area contributed by atoms with E-state index in [1.54, 1.807) is 0 Å². The summed E-state index contributed by atoms with van der Waals surface area (Å²) < 4.78 is 0. The van der Waals surface area contributed by atoms with Crippen LogP contribution in [0.25, 0.3) is 55.6 Å². The van der Waals surface area contributed by atoms with E-state index in [9.17, 15) is 0 Å². The van der Waals surface area contributed by atoms with Gasteiger partial charge in [-0.2, -0.15) is 0 Å². The van der Waals surface area contributed by atoms with E-state index >= 15 is 0 Å². The standard InChI is InChI=1S/C54H43N/c1-53(2)48-23-14-12-21-46(48)52-49(53)24-15-25-51(52)55(43-30-31-45-44-20-11-13-22-47(44)54(3,4)50(45)35-43)42-28-26-38(27-29-42)41-33-39(36-16-7-5-8-17-36)32-40(34-41)37-18-9-6-10-19-37/h5-35H,1-4H3. The van der Waals surface area contributed by atoms with Gasteiger partial charge in [-0.3, -0.25) is 0 Å². The topological polar surface area (TPSA) is 3.24 Å². The smallest absolute Gasteiger partial charge is 0.0543 e. The lowest BCUT2D eigenvalue weighted by Gasteiger charge is -2.30. The van der Waals surface area contributed by atoms with Gasteiger partial charge in [-0.05, 0) is 121 Å². The average Bonchev–Trinajstić information content (AvgIpc) is 3.61.